The molecule has 0 radical (unpaired) electrons. The van der Waals surface area contributed by atoms with Crippen LogP contribution in [0.2, 0.25) is 0 Å². The lowest BCUT2D eigenvalue weighted by atomic mass is 10.2. The highest BCUT2D eigenvalue weighted by atomic mass is 19.1. The van der Waals surface area contributed by atoms with Crippen LogP contribution in [0, 0.1) is 5.82 Å². The van der Waals surface area contributed by atoms with Crippen LogP contribution in [0.5, 0.6) is 11.5 Å². The lowest BCUT2D eigenvalue weighted by Crippen LogP contribution is -2.05. The zero-order chi connectivity index (χ0) is 13.7. The Morgan fingerprint density at radius 2 is 1.79 bits per heavy atom. The standard InChI is InChI=1S/C15H16FNO2/c1-17-9-12-4-7-15(14(16)8-12)19-13-5-2-11(10-18)3-6-13/h2-8,17-18H,9-10H2,1H3. The molecule has 0 aliphatic rings. The number of ether oxygens (including phenoxy) is 1. The Hall–Kier alpha value is -1.91. The Balaban J connectivity index is 2.13. The van der Waals surface area contributed by atoms with Crippen LogP contribution < -0.4 is 10.1 Å². The van der Waals surface area contributed by atoms with E-state index in [4.69, 9.17) is 9.84 Å². The molecule has 2 aromatic rings. The maximum atomic E-state index is 13.8. The topological polar surface area (TPSA) is 41.5 Å². The van der Waals surface area contributed by atoms with Crippen LogP contribution in [0.3, 0.4) is 0 Å². The van der Waals surface area contributed by atoms with E-state index in [0.29, 0.717) is 12.3 Å². The molecule has 0 aliphatic heterocycles. The van der Waals surface area contributed by atoms with Crippen molar-refractivity contribution in [2.75, 3.05) is 7.05 Å². The molecule has 0 saturated heterocycles. The van der Waals surface area contributed by atoms with E-state index in [9.17, 15) is 4.39 Å². The number of halogens is 1. The van der Waals surface area contributed by atoms with Crippen LogP contribution in [-0.2, 0) is 13.2 Å². The Bertz CT molecular complexity index is 540. The molecule has 19 heavy (non-hydrogen) atoms. The van der Waals surface area contributed by atoms with Gasteiger partial charge in [0, 0.05) is 6.54 Å². The van der Waals surface area contributed by atoms with Crippen molar-refractivity contribution in [2.45, 2.75) is 13.2 Å². The van der Waals surface area contributed by atoms with Crippen LogP contribution in [0.1, 0.15) is 11.1 Å². The molecular formula is C15H16FNO2. The molecule has 0 heterocycles. The molecule has 2 aromatic carbocycles. The van der Waals surface area contributed by atoms with Crippen LogP contribution >= 0.6 is 0 Å². The van der Waals surface area contributed by atoms with Gasteiger partial charge in [-0.25, -0.2) is 4.39 Å². The minimum atomic E-state index is -0.390. The van der Waals surface area contributed by atoms with Gasteiger partial charge in [0.05, 0.1) is 6.61 Å². The highest BCUT2D eigenvalue weighted by Crippen LogP contribution is 2.25. The van der Waals surface area contributed by atoms with E-state index in [-0.39, 0.29) is 18.2 Å². The fourth-order valence-corrected chi connectivity index (χ4v) is 1.73. The van der Waals surface area contributed by atoms with Crippen molar-refractivity contribution in [1.29, 1.82) is 0 Å². The molecule has 2 rings (SSSR count). The largest absolute Gasteiger partial charge is 0.454 e. The van der Waals surface area contributed by atoms with Gasteiger partial charge in [0.1, 0.15) is 5.75 Å². The summed E-state index contributed by atoms with van der Waals surface area (Å²) < 4.78 is 19.3. The third-order valence-corrected chi connectivity index (χ3v) is 2.71. The van der Waals surface area contributed by atoms with Gasteiger partial charge in [-0.1, -0.05) is 18.2 Å². The summed E-state index contributed by atoms with van der Waals surface area (Å²) in [7, 11) is 1.81. The van der Waals surface area contributed by atoms with Gasteiger partial charge in [0.15, 0.2) is 11.6 Å². The van der Waals surface area contributed by atoms with Gasteiger partial charge in [-0.05, 0) is 42.4 Å². The molecular weight excluding hydrogens is 245 g/mol. The fraction of sp³-hybridized carbons (Fsp3) is 0.200. The molecule has 100 valence electrons. The van der Waals surface area contributed by atoms with E-state index >= 15 is 0 Å². The van der Waals surface area contributed by atoms with Gasteiger partial charge >= 0.3 is 0 Å². The van der Waals surface area contributed by atoms with E-state index in [2.05, 4.69) is 5.32 Å². The Labute approximate surface area is 111 Å². The number of nitrogens with one attached hydrogen (secondary N) is 1. The lowest BCUT2D eigenvalue weighted by molar-refractivity contribution is 0.281. The zero-order valence-corrected chi connectivity index (χ0v) is 10.7. The van der Waals surface area contributed by atoms with Crippen molar-refractivity contribution in [1.82, 2.24) is 5.32 Å². The monoisotopic (exact) mass is 261 g/mol. The Kier molecular flexibility index (Phi) is 4.49. The van der Waals surface area contributed by atoms with Gasteiger partial charge in [-0.15, -0.1) is 0 Å². The SMILES string of the molecule is CNCc1ccc(Oc2ccc(CO)cc2)c(F)c1. The smallest absolute Gasteiger partial charge is 0.166 e. The summed E-state index contributed by atoms with van der Waals surface area (Å²) in [6.07, 6.45) is 0. The Morgan fingerprint density at radius 3 is 2.37 bits per heavy atom. The quantitative estimate of drug-likeness (QED) is 0.869. The van der Waals surface area contributed by atoms with Crippen molar-refractivity contribution in [3.63, 3.8) is 0 Å². The average molecular weight is 261 g/mol. The third kappa shape index (κ3) is 3.53. The maximum absolute atomic E-state index is 13.8. The molecule has 0 saturated carbocycles. The molecule has 2 N–H and O–H groups in total. The zero-order valence-electron chi connectivity index (χ0n) is 10.7. The summed E-state index contributed by atoms with van der Waals surface area (Å²) >= 11 is 0. The van der Waals surface area contributed by atoms with Crippen molar-refractivity contribution >= 4 is 0 Å². The fourth-order valence-electron chi connectivity index (χ4n) is 1.73. The summed E-state index contributed by atoms with van der Waals surface area (Å²) in [6, 6.07) is 11.8. The molecule has 0 aliphatic carbocycles. The molecule has 0 bridgehead atoms. The molecule has 0 atom stereocenters. The summed E-state index contributed by atoms with van der Waals surface area (Å²) in [6.45, 7) is 0.593. The number of hydrogen-bond acceptors (Lipinski definition) is 3. The second-order valence-corrected chi connectivity index (χ2v) is 4.20. The maximum Gasteiger partial charge on any atom is 0.166 e. The predicted molar refractivity (Wildman–Crippen MR) is 71.6 cm³/mol. The lowest BCUT2D eigenvalue weighted by Gasteiger charge is -2.08. The van der Waals surface area contributed by atoms with Gasteiger partial charge in [-0.3, -0.25) is 0 Å². The van der Waals surface area contributed by atoms with Crippen molar-refractivity contribution in [2.24, 2.45) is 0 Å². The second-order valence-electron chi connectivity index (χ2n) is 4.20. The van der Waals surface area contributed by atoms with E-state index in [1.165, 1.54) is 6.07 Å². The summed E-state index contributed by atoms with van der Waals surface area (Å²) in [4.78, 5) is 0. The van der Waals surface area contributed by atoms with E-state index in [1.807, 2.05) is 13.1 Å². The first-order valence-corrected chi connectivity index (χ1v) is 6.03. The molecule has 0 spiro atoms. The summed E-state index contributed by atoms with van der Waals surface area (Å²) in [5, 5.41) is 11.9. The number of aliphatic hydroxyl groups excluding tert-OH is 1. The number of hydrogen-bond donors (Lipinski definition) is 2. The van der Waals surface area contributed by atoms with Crippen LogP contribution in [-0.4, -0.2) is 12.2 Å². The van der Waals surface area contributed by atoms with Gasteiger partial charge < -0.3 is 15.2 Å². The second kappa shape index (κ2) is 6.31. The van der Waals surface area contributed by atoms with Crippen molar-refractivity contribution in [3.8, 4) is 11.5 Å². The highest BCUT2D eigenvalue weighted by Gasteiger charge is 2.06. The van der Waals surface area contributed by atoms with Gasteiger partial charge in [-0.2, -0.15) is 0 Å². The molecule has 0 amide bonds. The Morgan fingerprint density at radius 1 is 1.11 bits per heavy atom. The van der Waals surface area contributed by atoms with Gasteiger partial charge in [0.2, 0.25) is 0 Å². The predicted octanol–water partition coefficient (Wildman–Crippen LogP) is 2.83. The van der Waals surface area contributed by atoms with Gasteiger partial charge in [0.25, 0.3) is 0 Å². The van der Waals surface area contributed by atoms with Crippen molar-refractivity contribution in [3.05, 3.63) is 59.4 Å². The molecule has 0 fully saturated rings. The van der Waals surface area contributed by atoms with Crippen LogP contribution in [0.15, 0.2) is 42.5 Å². The van der Waals surface area contributed by atoms with E-state index in [0.717, 1.165) is 11.1 Å². The first-order chi connectivity index (χ1) is 9.22. The average Bonchev–Trinajstić information content (AvgIpc) is 2.43. The minimum Gasteiger partial charge on any atom is -0.454 e. The molecule has 0 unspecified atom stereocenters. The summed E-state index contributed by atoms with van der Waals surface area (Å²) in [5.41, 5.74) is 1.65. The molecule has 4 heteroatoms. The normalized spacial score (nSPS) is 10.5. The van der Waals surface area contributed by atoms with Crippen molar-refractivity contribution < 1.29 is 14.2 Å². The molecule has 0 aromatic heterocycles. The first kappa shape index (κ1) is 13.5. The van der Waals surface area contributed by atoms with E-state index in [1.54, 1.807) is 30.3 Å². The first-order valence-electron chi connectivity index (χ1n) is 6.03. The third-order valence-electron chi connectivity index (χ3n) is 2.71. The number of aliphatic hydroxyl groups is 1. The molecule has 3 nitrogen and oxygen atoms in total. The van der Waals surface area contributed by atoms with Crippen LogP contribution in [0.4, 0.5) is 4.39 Å². The van der Waals surface area contributed by atoms with E-state index < -0.39 is 0 Å². The minimum absolute atomic E-state index is 0.0205. The van der Waals surface area contributed by atoms with Crippen LogP contribution in [0.25, 0.3) is 0 Å². The highest BCUT2D eigenvalue weighted by molar-refractivity contribution is 5.35. The number of benzene rings is 2. The number of rotatable bonds is 5. The summed E-state index contributed by atoms with van der Waals surface area (Å²) in [5.74, 6) is 0.341.